The van der Waals surface area contributed by atoms with Crippen LogP contribution >= 0.6 is 11.6 Å². The second-order valence-electron chi connectivity index (χ2n) is 7.38. The summed E-state index contributed by atoms with van der Waals surface area (Å²) >= 11 is 5.78. The molecule has 1 unspecified atom stereocenters. The lowest BCUT2D eigenvalue weighted by Crippen LogP contribution is -2.48. The summed E-state index contributed by atoms with van der Waals surface area (Å²) in [6, 6.07) is 8.53. The van der Waals surface area contributed by atoms with Crippen molar-refractivity contribution in [2.45, 2.75) is 36.2 Å². The molecule has 32 heavy (non-hydrogen) atoms. The first kappa shape index (κ1) is 24.2. The number of hydrogen-bond donors (Lipinski definition) is 1. The standard InChI is InChI=1S/C21H23ClF2N2O5S/c1-30-16-6-3-14(19(11-16)31-2)13-26-10-9-21(23,24)12-18(20(26)27)25-32(28,29)17-7-4-15(22)5-8-17/h3-8,11,18,25H,9-10,12-13H2,1-2H3. The molecule has 0 aromatic heterocycles. The van der Waals surface area contributed by atoms with E-state index in [1.165, 1.54) is 43.4 Å². The van der Waals surface area contributed by atoms with Gasteiger partial charge in [0, 0.05) is 42.6 Å². The lowest BCUT2D eigenvalue weighted by molar-refractivity contribution is -0.133. The fourth-order valence-electron chi connectivity index (χ4n) is 3.42. The topological polar surface area (TPSA) is 84.9 Å². The molecule has 1 aliphatic heterocycles. The van der Waals surface area contributed by atoms with Crippen LogP contribution in [0.3, 0.4) is 0 Å². The minimum absolute atomic E-state index is 0.0265. The second-order valence-corrected chi connectivity index (χ2v) is 9.53. The molecule has 2 aromatic carbocycles. The van der Waals surface area contributed by atoms with Gasteiger partial charge in [0.05, 0.1) is 19.1 Å². The molecule has 1 atom stereocenters. The highest BCUT2D eigenvalue weighted by Gasteiger charge is 2.43. The maximum absolute atomic E-state index is 14.4. The Kier molecular flexibility index (Phi) is 7.26. The predicted octanol–water partition coefficient (Wildman–Crippen LogP) is 3.46. The number of amides is 1. The number of benzene rings is 2. The van der Waals surface area contributed by atoms with Crippen LogP contribution in [0.25, 0.3) is 0 Å². The Bertz CT molecular complexity index is 1080. The van der Waals surface area contributed by atoms with E-state index in [9.17, 15) is 22.0 Å². The van der Waals surface area contributed by atoms with Crippen LogP contribution in [0, 0.1) is 0 Å². The van der Waals surface area contributed by atoms with Gasteiger partial charge in [-0.1, -0.05) is 11.6 Å². The van der Waals surface area contributed by atoms with Crippen LogP contribution in [0.4, 0.5) is 8.78 Å². The molecule has 0 bridgehead atoms. The van der Waals surface area contributed by atoms with Crippen molar-refractivity contribution in [2.75, 3.05) is 20.8 Å². The van der Waals surface area contributed by atoms with E-state index in [0.29, 0.717) is 22.1 Å². The van der Waals surface area contributed by atoms with E-state index in [0.717, 1.165) is 0 Å². The first-order valence-electron chi connectivity index (χ1n) is 9.70. The van der Waals surface area contributed by atoms with Crippen molar-refractivity contribution in [1.82, 2.24) is 9.62 Å². The molecule has 0 aliphatic carbocycles. The van der Waals surface area contributed by atoms with E-state index >= 15 is 0 Å². The largest absolute Gasteiger partial charge is 0.497 e. The van der Waals surface area contributed by atoms with Gasteiger partial charge in [0.15, 0.2) is 0 Å². The first-order valence-corrected chi connectivity index (χ1v) is 11.6. The highest BCUT2D eigenvalue weighted by molar-refractivity contribution is 7.89. The Morgan fingerprint density at radius 3 is 2.47 bits per heavy atom. The molecular formula is C21H23ClF2N2O5S. The maximum atomic E-state index is 14.4. The third kappa shape index (κ3) is 5.67. The van der Waals surface area contributed by atoms with Crippen LogP contribution < -0.4 is 14.2 Å². The number of nitrogens with one attached hydrogen (secondary N) is 1. The molecule has 7 nitrogen and oxygen atoms in total. The molecule has 1 saturated heterocycles. The number of hydrogen-bond acceptors (Lipinski definition) is 5. The number of halogens is 3. The van der Waals surface area contributed by atoms with Crippen LogP contribution in [0.1, 0.15) is 18.4 Å². The van der Waals surface area contributed by atoms with E-state index < -0.39 is 40.7 Å². The molecule has 1 aliphatic rings. The summed E-state index contributed by atoms with van der Waals surface area (Å²) in [6.07, 6.45) is -1.52. The van der Waals surface area contributed by atoms with Crippen molar-refractivity contribution in [3.8, 4) is 11.5 Å². The molecule has 0 spiro atoms. The van der Waals surface area contributed by atoms with Gasteiger partial charge >= 0.3 is 0 Å². The van der Waals surface area contributed by atoms with E-state index in [-0.39, 0.29) is 18.0 Å². The number of ether oxygens (including phenoxy) is 2. The van der Waals surface area contributed by atoms with E-state index in [2.05, 4.69) is 4.72 Å². The summed E-state index contributed by atoms with van der Waals surface area (Å²) in [7, 11) is -1.29. The number of likely N-dealkylation sites (tertiary alicyclic amines) is 1. The zero-order chi connectivity index (χ0) is 23.5. The molecule has 174 valence electrons. The van der Waals surface area contributed by atoms with Gasteiger partial charge in [0.2, 0.25) is 15.9 Å². The van der Waals surface area contributed by atoms with Gasteiger partial charge in [0.25, 0.3) is 5.92 Å². The Balaban J connectivity index is 1.87. The fraction of sp³-hybridized carbons (Fsp3) is 0.381. The molecule has 3 rings (SSSR count). The number of nitrogens with zero attached hydrogens (tertiary/aromatic N) is 1. The molecule has 1 heterocycles. The lowest BCUT2D eigenvalue weighted by atomic mass is 10.1. The van der Waals surface area contributed by atoms with Crippen molar-refractivity contribution in [2.24, 2.45) is 0 Å². The van der Waals surface area contributed by atoms with Gasteiger partial charge in [-0.15, -0.1) is 0 Å². The number of sulfonamides is 1. The van der Waals surface area contributed by atoms with Crippen molar-refractivity contribution < 1.29 is 31.5 Å². The summed E-state index contributed by atoms with van der Waals surface area (Å²) in [4.78, 5) is 14.1. The fourth-order valence-corrected chi connectivity index (χ4v) is 4.74. The third-order valence-corrected chi connectivity index (χ3v) is 6.88. The predicted molar refractivity (Wildman–Crippen MR) is 115 cm³/mol. The monoisotopic (exact) mass is 488 g/mol. The van der Waals surface area contributed by atoms with Crippen LogP contribution in [-0.4, -0.2) is 52.0 Å². The SMILES string of the molecule is COc1ccc(CN2CCC(F)(F)CC(NS(=O)(=O)c3ccc(Cl)cc3)C2=O)c(OC)c1. The molecule has 0 radical (unpaired) electrons. The Hall–Kier alpha value is -2.43. The number of rotatable bonds is 7. The molecule has 0 saturated carbocycles. The summed E-state index contributed by atoms with van der Waals surface area (Å²) in [5, 5.41) is 0.320. The van der Waals surface area contributed by atoms with E-state index in [4.69, 9.17) is 21.1 Å². The summed E-state index contributed by atoms with van der Waals surface area (Å²) < 4.78 is 66.8. The Morgan fingerprint density at radius 2 is 1.84 bits per heavy atom. The molecule has 2 aromatic rings. The number of alkyl halides is 2. The highest BCUT2D eigenvalue weighted by Crippen LogP contribution is 2.32. The zero-order valence-electron chi connectivity index (χ0n) is 17.5. The van der Waals surface area contributed by atoms with Crippen LogP contribution in [0.15, 0.2) is 47.4 Å². The van der Waals surface area contributed by atoms with Gasteiger partial charge < -0.3 is 14.4 Å². The van der Waals surface area contributed by atoms with Crippen molar-refractivity contribution in [3.05, 3.63) is 53.1 Å². The average molecular weight is 489 g/mol. The van der Waals surface area contributed by atoms with Crippen LogP contribution in [0.5, 0.6) is 11.5 Å². The number of carbonyl (C=O) groups is 1. The zero-order valence-corrected chi connectivity index (χ0v) is 19.1. The molecule has 1 fully saturated rings. The average Bonchev–Trinajstić information content (AvgIpc) is 2.85. The van der Waals surface area contributed by atoms with E-state index in [1.54, 1.807) is 18.2 Å². The minimum Gasteiger partial charge on any atom is -0.497 e. The smallest absolute Gasteiger partial charge is 0.251 e. The van der Waals surface area contributed by atoms with Crippen molar-refractivity contribution >= 4 is 27.5 Å². The third-order valence-electron chi connectivity index (χ3n) is 5.14. The van der Waals surface area contributed by atoms with Gasteiger partial charge in [-0.05, 0) is 36.4 Å². The van der Waals surface area contributed by atoms with E-state index in [1.807, 2.05) is 0 Å². The highest BCUT2D eigenvalue weighted by atomic mass is 35.5. The molecular weight excluding hydrogens is 466 g/mol. The van der Waals surface area contributed by atoms with Gasteiger partial charge in [0.1, 0.15) is 17.5 Å². The van der Waals surface area contributed by atoms with Crippen molar-refractivity contribution in [3.63, 3.8) is 0 Å². The summed E-state index contributed by atoms with van der Waals surface area (Å²) in [6.45, 7) is -0.262. The first-order chi connectivity index (χ1) is 15.0. The van der Waals surface area contributed by atoms with Gasteiger partial charge in [-0.3, -0.25) is 4.79 Å². The van der Waals surface area contributed by atoms with Crippen LogP contribution in [0.2, 0.25) is 5.02 Å². The Morgan fingerprint density at radius 1 is 1.16 bits per heavy atom. The molecule has 1 amide bonds. The summed E-state index contributed by atoms with van der Waals surface area (Å²) in [5.74, 6) is -3.00. The molecule has 11 heteroatoms. The quantitative estimate of drug-likeness (QED) is 0.645. The van der Waals surface area contributed by atoms with Gasteiger partial charge in [-0.2, -0.15) is 4.72 Å². The van der Waals surface area contributed by atoms with Crippen molar-refractivity contribution in [1.29, 1.82) is 0 Å². The molecule has 1 N–H and O–H groups in total. The number of carbonyl (C=O) groups excluding carboxylic acids is 1. The maximum Gasteiger partial charge on any atom is 0.251 e. The normalized spacial score (nSPS) is 18.8. The van der Waals surface area contributed by atoms with Gasteiger partial charge in [-0.25, -0.2) is 17.2 Å². The lowest BCUT2D eigenvalue weighted by Gasteiger charge is -2.25. The van der Waals surface area contributed by atoms with Crippen LogP contribution in [-0.2, 0) is 21.4 Å². The summed E-state index contributed by atoms with van der Waals surface area (Å²) in [5.41, 5.74) is 0.575. The Labute approximate surface area is 190 Å². The number of methoxy groups -OCH3 is 2. The second kappa shape index (κ2) is 9.60. The minimum atomic E-state index is -4.22.